The molecule has 3 aromatic carbocycles. The summed E-state index contributed by atoms with van der Waals surface area (Å²) in [6.45, 7) is 2.01. The van der Waals surface area contributed by atoms with Gasteiger partial charge in [0.15, 0.2) is 5.16 Å². The lowest BCUT2D eigenvalue weighted by Gasteiger charge is -2.12. The van der Waals surface area contributed by atoms with Gasteiger partial charge in [-0.05, 0) is 41.8 Å². The Bertz CT molecular complexity index is 1170. The Morgan fingerprint density at radius 1 is 0.839 bits per heavy atom. The molecule has 3 nitrogen and oxygen atoms in total. The number of nitrogens with zero attached hydrogens (tertiary/aromatic N) is 3. The molecule has 0 spiro atoms. The van der Waals surface area contributed by atoms with E-state index in [0.717, 1.165) is 28.7 Å². The molecule has 0 aliphatic heterocycles. The Kier molecular flexibility index (Phi) is 6.13. The molecule has 4 aromatic rings. The quantitative estimate of drug-likeness (QED) is 0.322. The van der Waals surface area contributed by atoms with E-state index in [-0.39, 0.29) is 0 Å². The van der Waals surface area contributed by atoms with Crippen molar-refractivity contribution >= 4 is 11.8 Å². The van der Waals surface area contributed by atoms with Crippen molar-refractivity contribution in [3.05, 3.63) is 107 Å². The lowest BCUT2D eigenvalue weighted by Crippen LogP contribution is -2.05. The average molecular weight is 440 g/mol. The highest BCUT2D eigenvalue weighted by molar-refractivity contribution is 7.98. The molecule has 0 saturated heterocycles. The summed E-state index contributed by atoms with van der Waals surface area (Å²) in [7, 11) is 0. The van der Waals surface area contributed by atoms with Gasteiger partial charge in [-0.1, -0.05) is 72.4 Å². The van der Waals surface area contributed by atoms with Crippen molar-refractivity contribution in [2.45, 2.75) is 30.4 Å². The van der Waals surface area contributed by atoms with Crippen LogP contribution in [-0.2, 0) is 18.3 Å². The van der Waals surface area contributed by atoms with E-state index in [4.69, 9.17) is 0 Å². The average Bonchev–Trinajstić information content (AvgIpc) is 3.15. The zero-order chi connectivity index (χ0) is 21.8. The summed E-state index contributed by atoms with van der Waals surface area (Å²) in [5.74, 6) is 1.14. The molecule has 31 heavy (non-hydrogen) atoms. The summed E-state index contributed by atoms with van der Waals surface area (Å²) in [4.78, 5) is 0. The number of aromatic nitrogens is 3. The highest BCUT2D eigenvalue weighted by atomic mass is 32.2. The third-order valence-electron chi connectivity index (χ3n) is 4.79. The Balaban J connectivity index is 1.65. The van der Waals surface area contributed by atoms with Crippen LogP contribution in [0.4, 0.5) is 13.2 Å². The van der Waals surface area contributed by atoms with Crippen LogP contribution in [0.2, 0.25) is 0 Å². The van der Waals surface area contributed by atoms with Crippen LogP contribution in [0.25, 0.3) is 5.69 Å². The van der Waals surface area contributed by atoms with E-state index in [1.807, 2.05) is 66.1 Å². The van der Waals surface area contributed by atoms with Crippen molar-refractivity contribution in [3.63, 3.8) is 0 Å². The van der Waals surface area contributed by atoms with E-state index in [2.05, 4.69) is 10.2 Å². The van der Waals surface area contributed by atoms with E-state index in [0.29, 0.717) is 22.9 Å². The maximum atomic E-state index is 13.0. The van der Waals surface area contributed by atoms with Gasteiger partial charge in [0, 0.05) is 17.9 Å². The summed E-state index contributed by atoms with van der Waals surface area (Å²) in [5.41, 5.74) is 3.09. The molecular weight excluding hydrogens is 419 g/mol. The van der Waals surface area contributed by atoms with Crippen LogP contribution in [0.15, 0.2) is 84.0 Å². The van der Waals surface area contributed by atoms with Crippen molar-refractivity contribution in [2.24, 2.45) is 0 Å². The van der Waals surface area contributed by atoms with Crippen LogP contribution in [0.5, 0.6) is 0 Å². The van der Waals surface area contributed by atoms with Crippen LogP contribution in [-0.4, -0.2) is 14.8 Å². The highest BCUT2D eigenvalue weighted by Gasteiger charge is 2.30. The van der Waals surface area contributed by atoms with Gasteiger partial charge >= 0.3 is 6.18 Å². The van der Waals surface area contributed by atoms with Crippen LogP contribution in [0.1, 0.15) is 28.1 Å². The highest BCUT2D eigenvalue weighted by Crippen LogP contribution is 2.32. The van der Waals surface area contributed by atoms with E-state index in [1.54, 1.807) is 6.07 Å². The van der Waals surface area contributed by atoms with Gasteiger partial charge in [0.1, 0.15) is 5.82 Å². The predicted molar refractivity (Wildman–Crippen MR) is 116 cm³/mol. The first-order valence-corrected chi connectivity index (χ1v) is 10.7. The predicted octanol–water partition coefficient (Wildman–Crippen LogP) is 6.48. The third kappa shape index (κ3) is 5.17. The molecule has 0 atom stereocenters. The number of benzene rings is 3. The molecule has 0 radical (unpaired) electrons. The van der Waals surface area contributed by atoms with E-state index < -0.39 is 11.7 Å². The fourth-order valence-electron chi connectivity index (χ4n) is 3.30. The van der Waals surface area contributed by atoms with E-state index in [9.17, 15) is 13.2 Å². The molecule has 0 aliphatic rings. The molecule has 7 heteroatoms. The molecule has 0 N–H and O–H groups in total. The molecule has 4 rings (SSSR count). The molecule has 0 aliphatic carbocycles. The van der Waals surface area contributed by atoms with E-state index in [1.165, 1.54) is 23.9 Å². The van der Waals surface area contributed by atoms with Crippen LogP contribution < -0.4 is 0 Å². The largest absolute Gasteiger partial charge is 0.416 e. The lowest BCUT2D eigenvalue weighted by atomic mass is 10.1. The maximum Gasteiger partial charge on any atom is 0.416 e. The second-order valence-corrected chi connectivity index (χ2v) is 8.16. The van der Waals surface area contributed by atoms with Gasteiger partial charge in [-0.2, -0.15) is 13.2 Å². The summed E-state index contributed by atoms with van der Waals surface area (Å²) < 4.78 is 41.1. The lowest BCUT2D eigenvalue weighted by molar-refractivity contribution is -0.137. The minimum Gasteiger partial charge on any atom is -0.274 e. The van der Waals surface area contributed by atoms with Crippen LogP contribution in [0.3, 0.4) is 0 Å². The van der Waals surface area contributed by atoms with Gasteiger partial charge in [0.2, 0.25) is 0 Å². The van der Waals surface area contributed by atoms with Crippen molar-refractivity contribution < 1.29 is 13.2 Å². The van der Waals surface area contributed by atoms with Crippen molar-refractivity contribution in [1.82, 2.24) is 14.8 Å². The molecule has 0 fully saturated rings. The SMILES string of the molecule is Cc1cccc(-n2c(Cc3ccccc3)nnc2SCc2cccc(C(F)(F)F)c2)c1. The summed E-state index contributed by atoms with van der Waals surface area (Å²) in [6, 6.07) is 23.4. The topological polar surface area (TPSA) is 30.7 Å². The number of alkyl halides is 3. The molecule has 0 amide bonds. The number of hydrogen-bond donors (Lipinski definition) is 0. The van der Waals surface area contributed by atoms with Crippen molar-refractivity contribution in [2.75, 3.05) is 0 Å². The number of thioether (sulfide) groups is 1. The zero-order valence-electron chi connectivity index (χ0n) is 16.8. The molecule has 0 unspecified atom stereocenters. The van der Waals surface area contributed by atoms with Gasteiger partial charge in [0.25, 0.3) is 0 Å². The number of halogens is 3. The van der Waals surface area contributed by atoms with Crippen molar-refractivity contribution in [1.29, 1.82) is 0 Å². The Labute approximate surface area is 183 Å². The van der Waals surface area contributed by atoms with Crippen molar-refractivity contribution in [3.8, 4) is 5.69 Å². The normalized spacial score (nSPS) is 11.6. The fourth-order valence-corrected chi connectivity index (χ4v) is 4.21. The first kappa shape index (κ1) is 21.2. The molecule has 1 heterocycles. The smallest absolute Gasteiger partial charge is 0.274 e. The fraction of sp³-hybridized carbons (Fsp3) is 0.167. The second kappa shape index (κ2) is 8.98. The molecule has 1 aromatic heterocycles. The van der Waals surface area contributed by atoms with Gasteiger partial charge in [-0.15, -0.1) is 10.2 Å². The Morgan fingerprint density at radius 2 is 1.58 bits per heavy atom. The van der Waals surface area contributed by atoms with Gasteiger partial charge in [-0.25, -0.2) is 0 Å². The van der Waals surface area contributed by atoms with Gasteiger partial charge in [0.05, 0.1) is 5.56 Å². The van der Waals surface area contributed by atoms with E-state index >= 15 is 0 Å². The summed E-state index contributed by atoms with van der Waals surface area (Å²) in [6.07, 6.45) is -3.75. The monoisotopic (exact) mass is 439 g/mol. The molecule has 0 saturated carbocycles. The van der Waals surface area contributed by atoms with Crippen LogP contribution in [0, 0.1) is 6.92 Å². The number of aryl methyl sites for hydroxylation is 1. The van der Waals surface area contributed by atoms with Crippen LogP contribution >= 0.6 is 11.8 Å². The second-order valence-electron chi connectivity index (χ2n) is 7.22. The standard InChI is InChI=1S/C24H20F3N3S/c1-17-7-5-12-21(13-17)30-22(15-18-8-3-2-4-9-18)28-29-23(30)31-16-19-10-6-11-20(14-19)24(25,26)27/h2-14H,15-16H2,1H3. The summed E-state index contributed by atoms with van der Waals surface area (Å²) in [5, 5.41) is 9.40. The molecule has 0 bridgehead atoms. The first-order chi connectivity index (χ1) is 14.9. The molecular formula is C24H20F3N3S. The van der Waals surface area contributed by atoms with Gasteiger partial charge < -0.3 is 0 Å². The van der Waals surface area contributed by atoms with Gasteiger partial charge in [-0.3, -0.25) is 4.57 Å². The molecule has 158 valence electrons. The maximum absolute atomic E-state index is 13.0. The number of rotatable bonds is 6. The zero-order valence-corrected chi connectivity index (χ0v) is 17.6. The first-order valence-electron chi connectivity index (χ1n) is 9.74. The minimum absolute atomic E-state index is 0.360. The Morgan fingerprint density at radius 3 is 2.32 bits per heavy atom. The third-order valence-corrected chi connectivity index (χ3v) is 5.79. The minimum atomic E-state index is -4.36. The Hall–Kier alpha value is -3.06. The summed E-state index contributed by atoms with van der Waals surface area (Å²) >= 11 is 1.37. The number of hydrogen-bond acceptors (Lipinski definition) is 3.